The number of rotatable bonds is 3. The van der Waals surface area contributed by atoms with Crippen LogP contribution >= 0.6 is 0 Å². The van der Waals surface area contributed by atoms with E-state index < -0.39 is 0 Å². The Labute approximate surface area is 140 Å². The molecule has 1 heterocycles. The summed E-state index contributed by atoms with van der Waals surface area (Å²) in [4.78, 5) is 29.3. The van der Waals surface area contributed by atoms with Crippen molar-refractivity contribution in [1.82, 2.24) is 9.80 Å². The summed E-state index contributed by atoms with van der Waals surface area (Å²) in [6.45, 7) is 1.02. The summed E-state index contributed by atoms with van der Waals surface area (Å²) in [7, 11) is 3.86. The molecular weight excluding hydrogens is 300 g/mol. The minimum absolute atomic E-state index is 0.209. The lowest BCUT2D eigenvalue weighted by molar-refractivity contribution is 0.0602. The van der Waals surface area contributed by atoms with Crippen molar-refractivity contribution in [2.24, 2.45) is 0 Å². The molecule has 0 N–H and O–H groups in total. The second-order valence-corrected chi connectivity index (χ2v) is 6.35. The molecule has 0 unspecified atom stereocenters. The van der Waals surface area contributed by atoms with Crippen molar-refractivity contribution in [3.05, 3.63) is 59.7 Å². The van der Waals surface area contributed by atoms with E-state index in [0.717, 1.165) is 21.5 Å². The monoisotopic (exact) mass is 317 g/mol. The van der Waals surface area contributed by atoms with Crippen LogP contribution in [0.1, 0.15) is 20.7 Å². The van der Waals surface area contributed by atoms with Gasteiger partial charge in [0, 0.05) is 24.0 Å². The van der Waals surface area contributed by atoms with Crippen LogP contribution in [0.3, 0.4) is 0 Å². The Kier molecular flexibility index (Phi) is 3.36. The number of imide groups is 1. The molecule has 24 heavy (non-hydrogen) atoms. The number of nitrogens with zero attached hydrogens (tertiary/aromatic N) is 2. The van der Waals surface area contributed by atoms with Gasteiger partial charge in [-0.2, -0.15) is 0 Å². The summed E-state index contributed by atoms with van der Waals surface area (Å²) in [6.07, 6.45) is 0. The topological polar surface area (TPSA) is 40.6 Å². The van der Waals surface area contributed by atoms with E-state index in [1.165, 1.54) is 4.90 Å². The van der Waals surface area contributed by atoms with Crippen molar-refractivity contribution in [2.75, 3.05) is 27.2 Å². The molecular formula is C20H17N2O2. The molecule has 0 saturated heterocycles. The molecule has 0 aromatic heterocycles. The van der Waals surface area contributed by atoms with Crippen LogP contribution in [0.2, 0.25) is 0 Å². The largest absolute Gasteiger partial charge is 0.308 e. The van der Waals surface area contributed by atoms with E-state index in [-0.39, 0.29) is 11.8 Å². The second-order valence-electron chi connectivity index (χ2n) is 6.35. The maximum absolute atomic E-state index is 13.1. The first-order valence-electron chi connectivity index (χ1n) is 7.95. The number of carbonyl (C=O) groups excluding carboxylic acids is 2. The highest BCUT2D eigenvalue weighted by Crippen LogP contribution is 2.35. The molecule has 119 valence electrons. The van der Waals surface area contributed by atoms with Crippen LogP contribution in [0.15, 0.2) is 42.5 Å². The highest BCUT2D eigenvalue weighted by atomic mass is 16.2. The minimum atomic E-state index is -0.212. The highest BCUT2D eigenvalue weighted by molar-refractivity contribution is 6.30. The summed E-state index contributed by atoms with van der Waals surface area (Å²) in [5, 5.41) is 3.42. The summed E-state index contributed by atoms with van der Waals surface area (Å²) < 4.78 is 0. The fourth-order valence-corrected chi connectivity index (χ4v) is 3.32. The van der Waals surface area contributed by atoms with Gasteiger partial charge in [0.15, 0.2) is 0 Å². The average molecular weight is 317 g/mol. The molecule has 0 atom stereocenters. The van der Waals surface area contributed by atoms with Crippen LogP contribution in [-0.4, -0.2) is 48.8 Å². The Morgan fingerprint density at radius 1 is 1.08 bits per heavy atom. The van der Waals surface area contributed by atoms with E-state index in [1.54, 1.807) is 0 Å². The quantitative estimate of drug-likeness (QED) is 0.551. The standard InChI is InChI=1S/C20H17N2O2/c1-21(2)10-11-22-19(23)16-9-5-7-14-12-13-6-3-4-8-15(13)18(17(14)16)20(22)24/h3-5,7-9,12H,10-11H2,1-2H3. The van der Waals surface area contributed by atoms with Gasteiger partial charge in [0.2, 0.25) is 0 Å². The Bertz CT molecular complexity index is 992. The lowest BCUT2D eigenvalue weighted by atomic mass is 9.89. The van der Waals surface area contributed by atoms with Gasteiger partial charge in [-0.25, -0.2) is 0 Å². The lowest BCUT2D eigenvalue weighted by Crippen LogP contribution is -2.43. The fraction of sp³-hybridized carbons (Fsp3) is 0.200. The van der Waals surface area contributed by atoms with Crippen LogP contribution < -0.4 is 0 Å². The first kappa shape index (κ1) is 14.8. The molecule has 4 rings (SSSR count). The summed E-state index contributed by atoms with van der Waals surface area (Å²) in [5.74, 6) is -0.421. The van der Waals surface area contributed by atoms with Gasteiger partial charge in [0.25, 0.3) is 11.8 Å². The zero-order valence-electron chi connectivity index (χ0n) is 13.7. The van der Waals surface area contributed by atoms with Crippen LogP contribution in [0.4, 0.5) is 0 Å². The predicted octanol–water partition coefficient (Wildman–Crippen LogP) is 2.95. The average Bonchev–Trinajstić information content (AvgIpc) is 2.57. The van der Waals surface area contributed by atoms with Gasteiger partial charge in [-0.1, -0.05) is 30.3 Å². The molecule has 1 aliphatic rings. The Morgan fingerprint density at radius 3 is 2.71 bits per heavy atom. The first-order valence-corrected chi connectivity index (χ1v) is 7.95. The van der Waals surface area contributed by atoms with Gasteiger partial charge >= 0.3 is 0 Å². The number of likely N-dealkylation sites (N-methyl/N-ethyl adjacent to an activating group) is 1. The molecule has 2 amide bonds. The van der Waals surface area contributed by atoms with Gasteiger partial charge in [-0.05, 0) is 48.5 Å². The molecule has 0 fully saturated rings. The van der Waals surface area contributed by atoms with Gasteiger partial charge in [0.1, 0.15) is 0 Å². The Balaban J connectivity index is 2.01. The Hall–Kier alpha value is -2.72. The van der Waals surface area contributed by atoms with Gasteiger partial charge in [0.05, 0.1) is 5.56 Å². The third-order valence-corrected chi connectivity index (χ3v) is 4.51. The maximum Gasteiger partial charge on any atom is 0.262 e. The van der Waals surface area contributed by atoms with Crippen LogP contribution in [-0.2, 0) is 0 Å². The predicted molar refractivity (Wildman–Crippen MR) is 94.2 cm³/mol. The maximum atomic E-state index is 13.1. The number of hydrogen-bond donors (Lipinski definition) is 0. The number of fused-ring (bicyclic) bond motifs is 2. The van der Waals surface area contributed by atoms with Gasteiger partial charge < -0.3 is 4.90 Å². The minimum Gasteiger partial charge on any atom is -0.308 e. The summed E-state index contributed by atoms with van der Waals surface area (Å²) in [6, 6.07) is 16.4. The summed E-state index contributed by atoms with van der Waals surface area (Å²) in [5.41, 5.74) is 1.22. The molecule has 3 aromatic rings. The van der Waals surface area contributed by atoms with Crippen molar-refractivity contribution in [3.8, 4) is 0 Å². The van der Waals surface area contributed by atoms with Crippen molar-refractivity contribution in [2.45, 2.75) is 0 Å². The zero-order valence-corrected chi connectivity index (χ0v) is 13.7. The molecule has 3 aromatic carbocycles. The molecule has 0 saturated carbocycles. The van der Waals surface area contributed by atoms with Crippen LogP contribution in [0.5, 0.6) is 0 Å². The highest BCUT2D eigenvalue weighted by Gasteiger charge is 2.33. The van der Waals surface area contributed by atoms with E-state index >= 15 is 0 Å². The van der Waals surface area contributed by atoms with Crippen molar-refractivity contribution < 1.29 is 9.59 Å². The molecule has 4 heteroatoms. The van der Waals surface area contributed by atoms with Gasteiger partial charge in [-0.3, -0.25) is 14.5 Å². The smallest absolute Gasteiger partial charge is 0.262 e. The Morgan fingerprint density at radius 2 is 1.92 bits per heavy atom. The molecule has 0 spiro atoms. The zero-order chi connectivity index (χ0) is 16.8. The molecule has 0 bridgehead atoms. The number of carbonyl (C=O) groups is 2. The van der Waals surface area contributed by atoms with Gasteiger partial charge in [-0.15, -0.1) is 0 Å². The van der Waals surface area contributed by atoms with E-state index in [2.05, 4.69) is 6.07 Å². The number of benzene rings is 3. The van der Waals surface area contributed by atoms with E-state index in [0.29, 0.717) is 24.2 Å². The van der Waals surface area contributed by atoms with E-state index in [1.807, 2.05) is 61.5 Å². The summed E-state index contributed by atoms with van der Waals surface area (Å²) >= 11 is 0. The van der Waals surface area contributed by atoms with Crippen molar-refractivity contribution in [1.29, 1.82) is 0 Å². The van der Waals surface area contributed by atoms with E-state index in [4.69, 9.17) is 0 Å². The fourth-order valence-electron chi connectivity index (χ4n) is 3.32. The molecule has 1 aliphatic heterocycles. The SMILES string of the molecule is CN(C)CCN1C(=O)c2cccc3cc4[c]cccc4c(c23)C1=O. The lowest BCUT2D eigenvalue weighted by Gasteiger charge is -2.29. The van der Waals surface area contributed by atoms with Crippen LogP contribution in [0.25, 0.3) is 21.5 Å². The molecule has 4 nitrogen and oxygen atoms in total. The van der Waals surface area contributed by atoms with E-state index in [9.17, 15) is 9.59 Å². The first-order chi connectivity index (χ1) is 11.6. The molecule has 0 aliphatic carbocycles. The van der Waals surface area contributed by atoms with Crippen molar-refractivity contribution in [3.63, 3.8) is 0 Å². The van der Waals surface area contributed by atoms with Crippen molar-refractivity contribution >= 4 is 33.4 Å². The normalized spacial score (nSPS) is 14.2. The third-order valence-electron chi connectivity index (χ3n) is 4.51. The second kappa shape index (κ2) is 5.42. The number of amides is 2. The van der Waals surface area contributed by atoms with Crippen LogP contribution in [0, 0.1) is 6.07 Å². The third kappa shape index (κ3) is 2.11. The number of hydrogen-bond acceptors (Lipinski definition) is 3. The molecule has 1 radical (unpaired) electrons.